The Morgan fingerprint density at radius 3 is 2.86 bits per heavy atom. The van der Waals surface area contributed by atoms with Crippen LogP contribution in [0.1, 0.15) is 11.3 Å². The molecule has 9 nitrogen and oxygen atoms in total. The molecular formula is C17H14FN7O2S. The van der Waals surface area contributed by atoms with Gasteiger partial charge in [0.05, 0.1) is 12.3 Å². The molecule has 0 bridgehead atoms. The molecule has 1 N–H and O–H groups in total. The monoisotopic (exact) mass is 399 g/mol. The molecule has 0 atom stereocenters. The molecule has 4 aromatic rings. The summed E-state index contributed by atoms with van der Waals surface area (Å²) in [6, 6.07) is 7.76. The van der Waals surface area contributed by atoms with Crippen LogP contribution in [-0.4, -0.2) is 41.8 Å². The van der Waals surface area contributed by atoms with Crippen molar-refractivity contribution in [2.45, 2.75) is 18.5 Å². The topological polar surface area (TPSA) is 112 Å². The SMILES string of the molecule is Cc1cc(NC(=O)CSc2ncnc3c2nnn3Cc2ccc(F)cc2)no1. The van der Waals surface area contributed by atoms with E-state index in [1.165, 1.54) is 30.2 Å². The summed E-state index contributed by atoms with van der Waals surface area (Å²) < 4.78 is 19.6. The summed E-state index contributed by atoms with van der Waals surface area (Å²) in [5.74, 6) is 0.540. The largest absolute Gasteiger partial charge is 0.360 e. The van der Waals surface area contributed by atoms with Crippen molar-refractivity contribution in [1.82, 2.24) is 30.1 Å². The lowest BCUT2D eigenvalue weighted by atomic mass is 10.2. The van der Waals surface area contributed by atoms with Crippen molar-refractivity contribution in [3.05, 3.63) is 53.8 Å². The zero-order valence-corrected chi connectivity index (χ0v) is 15.5. The smallest absolute Gasteiger partial charge is 0.236 e. The number of carbonyl (C=O) groups is 1. The Hall–Kier alpha value is -3.34. The normalized spacial score (nSPS) is 11.1. The Labute approximate surface area is 162 Å². The van der Waals surface area contributed by atoms with Crippen molar-refractivity contribution < 1.29 is 13.7 Å². The molecule has 0 saturated carbocycles. The van der Waals surface area contributed by atoms with Gasteiger partial charge in [0, 0.05) is 6.07 Å². The second kappa shape index (κ2) is 7.72. The van der Waals surface area contributed by atoms with Gasteiger partial charge in [-0.05, 0) is 24.6 Å². The van der Waals surface area contributed by atoms with Crippen LogP contribution in [0.2, 0.25) is 0 Å². The third-order valence-corrected chi connectivity index (χ3v) is 4.73. The predicted molar refractivity (Wildman–Crippen MR) is 99.2 cm³/mol. The van der Waals surface area contributed by atoms with Crippen LogP contribution in [-0.2, 0) is 11.3 Å². The van der Waals surface area contributed by atoms with Gasteiger partial charge >= 0.3 is 0 Å². The molecule has 3 heterocycles. The Balaban J connectivity index is 1.46. The Morgan fingerprint density at radius 2 is 2.11 bits per heavy atom. The molecule has 1 aromatic carbocycles. The molecule has 0 aliphatic rings. The number of benzene rings is 1. The molecule has 0 spiro atoms. The maximum Gasteiger partial charge on any atom is 0.236 e. The lowest BCUT2D eigenvalue weighted by Gasteiger charge is -2.03. The summed E-state index contributed by atoms with van der Waals surface area (Å²) in [5.41, 5.74) is 1.90. The van der Waals surface area contributed by atoms with Crippen molar-refractivity contribution in [2.75, 3.05) is 11.1 Å². The Morgan fingerprint density at radius 1 is 1.29 bits per heavy atom. The maximum atomic E-state index is 13.1. The maximum absolute atomic E-state index is 13.1. The molecule has 0 fully saturated rings. The minimum Gasteiger partial charge on any atom is -0.360 e. The number of nitrogens with one attached hydrogen (secondary N) is 1. The molecule has 0 aliphatic heterocycles. The minimum absolute atomic E-state index is 0.114. The number of aryl methyl sites for hydroxylation is 1. The van der Waals surface area contributed by atoms with Crippen molar-refractivity contribution in [1.29, 1.82) is 0 Å². The summed E-state index contributed by atoms with van der Waals surface area (Å²) in [4.78, 5) is 20.5. The van der Waals surface area contributed by atoms with Crippen molar-refractivity contribution >= 4 is 34.7 Å². The van der Waals surface area contributed by atoms with E-state index in [1.54, 1.807) is 29.8 Å². The molecule has 3 aromatic heterocycles. The summed E-state index contributed by atoms with van der Waals surface area (Å²) in [6.45, 7) is 2.13. The highest BCUT2D eigenvalue weighted by molar-refractivity contribution is 8.00. The van der Waals surface area contributed by atoms with Gasteiger partial charge in [0.2, 0.25) is 5.91 Å². The van der Waals surface area contributed by atoms with E-state index >= 15 is 0 Å². The lowest BCUT2D eigenvalue weighted by molar-refractivity contribution is -0.113. The van der Waals surface area contributed by atoms with Crippen LogP contribution < -0.4 is 5.32 Å². The van der Waals surface area contributed by atoms with Gasteiger partial charge in [-0.2, -0.15) is 0 Å². The van der Waals surface area contributed by atoms with Gasteiger partial charge in [-0.1, -0.05) is 34.3 Å². The van der Waals surface area contributed by atoms with E-state index in [0.29, 0.717) is 34.3 Å². The van der Waals surface area contributed by atoms with E-state index in [1.807, 2.05) is 0 Å². The zero-order valence-electron chi connectivity index (χ0n) is 14.7. The van der Waals surface area contributed by atoms with Crippen LogP contribution >= 0.6 is 11.8 Å². The number of hydrogen-bond acceptors (Lipinski definition) is 8. The molecule has 28 heavy (non-hydrogen) atoms. The lowest BCUT2D eigenvalue weighted by Crippen LogP contribution is -2.14. The molecular weight excluding hydrogens is 385 g/mol. The van der Waals surface area contributed by atoms with Gasteiger partial charge in [0.1, 0.15) is 22.9 Å². The van der Waals surface area contributed by atoms with E-state index in [0.717, 1.165) is 5.56 Å². The second-order valence-electron chi connectivity index (χ2n) is 5.88. The van der Waals surface area contributed by atoms with Gasteiger partial charge in [0.15, 0.2) is 17.0 Å². The van der Waals surface area contributed by atoms with Crippen LogP contribution in [0.15, 0.2) is 46.2 Å². The number of nitrogens with zero attached hydrogens (tertiary/aromatic N) is 6. The summed E-state index contributed by atoms with van der Waals surface area (Å²) >= 11 is 1.22. The number of fused-ring (bicyclic) bond motifs is 1. The van der Waals surface area contributed by atoms with Gasteiger partial charge in [-0.25, -0.2) is 19.0 Å². The van der Waals surface area contributed by atoms with Crippen LogP contribution in [0, 0.1) is 12.7 Å². The molecule has 4 rings (SSSR count). The van der Waals surface area contributed by atoms with Crippen molar-refractivity contribution in [3.63, 3.8) is 0 Å². The van der Waals surface area contributed by atoms with Gasteiger partial charge < -0.3 is 9.84 Å². The van der Waals surface area contributed by atoms with Crippen molar-refractivity contribution in [3.8, 4) is 0 Å². The van der Waals surface area contributed by atoms with E-state index < -0.39 is 0 Å². The first kappa shape index (κ1) is 18.0. The molecule has 0 unspecified atom stereocenters. The number of amides is 1. The summed E-state index contributed by atoms with van der Waals surface area (Å²) in [5, 5.41) is 15.1. The van der Waals surface area contributed by atoms with Gasteiger partial charge in [0.25, 0.3) is 0 Å². The van der Waals surface area contributed by atoms with Crippen LogP contribution in [0.4, 0.5) is 10.2 Å². The van der Waals surface area contributed by atoms with E-state index in [2.05, 4.69) is 30.8 Å². The fourth-order valence-electron chi connectivity index (χ4n) is 2.48. The number of thioether (sulfide) groups is 1. The molecule has 0 aliphatic carbocycles. The molecule has 11 heteroatoms. The van der Waals surface area contributed by atoms with Crippen LogP contribution in [0.25, 0.3) is 11.2 Å². The van der Waals surface area contributed by atoms with E-state index in [-0.39, 0.29) is 17.5 Å². The number of anilines is 1. The standard InChI is InChI=1S/C17H14FN7O2S/c1-10-6-13(23-27-10)21-14(26)8-28-17-15-16(19-9-20-17)25(24-22-15)7-11-2-4-12(18)5-3-11/h2-6,9H,7-8H2,1H3,(H,21,23,26). The average Bonchev–Trinajstić information content (AvgIpc) is 3.28. The Bertz CT molecular complexity index is 1130. The van der Waals surface area contributed by atoms with Gasteiger partial charge in [-0.3, -0.25) is 4.79 Å². The number of aromatic nitrogens is 6. The summed E-state index contributed by atoms with van der Waals surface area (Å²) in [7, 11) is 0. The fourth-order valence-corrected chi connectivity index (χ4v) is 3.21. The Kier molecular flexibility index (Phi) is 4.98. The first-order valence-electron chi connectivity index (χ1n) is 8.23. The predicted octanol–water partition coefficient (Wildman–Crippen LogP) is 2.44. The zero-order chi connectivity index (χ0) is 19.5. The highest BCUT2D eigenvalue weighted by Crippen LogP contribution is 2.23. The second-order valence-corrected chi connectivity index (χ2v) is 6.85. The first-order valence-corrected chi connectivity index (χ1v) is 9.21. The molecule has 0 radical (unpaired) electrons. The summed E-state index contributed by atoms with van der Waals surface area (Å²) in [6.07, 6.45) is 1.40. The molecule has 142 valence electrons. The number of carbonyl (C=O) groups excluding carboxylic acids is 1. The quantitative estimate of drug-likeness (QED) is 0.389. The average molecular weight is 399 g/mol. The van der Waals surface area contributed by atoms with Crippen LogP contribution in [0.3, 0.4) is 0 Å². The van der Waals surface area contributed by atoms with Crippen LogP contribution in [0.5, 0.6) is 0 Å². The highest BCUT2D eigenvalue weighted by atomic mass is 32.2. The number of hydrogen-bond donors (Lipinski definition) is 1. The highest BCUT2D eigenvalue weighted by Gasteiger charge is 2.14. The third-order valence-electron chi connectivity index (χ3n) is 3.75. The number of rotatable bonds is 6. The number of halogens is 1. The van der Waals surface area contributed by atoms with Crippen molar-refractivity contribution in [2.24, 2.45) is 0 Å². The fraction of sp³-hybridized carbons (Fsp3) is 0.176. The van der Waals surface area contributed by atoms with E-state index in [9.17, 15) is 9.18 Å². The molecule has 1 amide bonds. The minimum atomic E-state index is -0.299. The third kappa shape index (κ3) is 3.98. The first-order chi connectivity index (χ1) is 13.6. The molecule has 0 saturated heterocycles. The van der Waals surface area contributed by atoms with Gasteiger partial charge in [-0.15, -0.1) is 5.10 Å². The van der Waals surface area contributed by atoms with E-state index in [4.69, 9.17) is 4.52 Å².